The third-order valence-corrected chi connectivity index (χ3v) is 4.32. The van der Waals surface area contributed by atoms with Gasteiger partial charge in [-0.1, -0.05) is 6.92 Å². The van der Waals surface area contributed by atoms with Crippen molar-refractivity contribution < 1.29 is 4.74 Å². The molecular weight excluding hydrogens is 240 g/mol. The highest BCUT2D eigenvalue weighted by Crippen LogP contribution is 2.44. The van der Waals surface area contributed by atoms with Crippen LogP contribution in [-0.4, -0.2) is 42.8 Å². The summed E-state index contributed by atoms with van der Waals surface area (Å²) in [7, 11) is 1.77. The summed E-state index contributed by atoms with van der Waals surface area (Å²) in [5, 5.41) is 3.42. The van der Waals surface area contributed by atoms with Gasteiger partial charge in [0.2, 0.25) is 0 Å². The van der Waals surface area contributed by atoms with E-state index in [1.807, 2.05) is 0 Å². The van der Waals surface area contributed by atoms with Crippen molar-refractivity contribution in [3.63, 3.8) is 0 Å². The molecule has 104 valence electrons. The lowest BCUT2D eigenvalue weighted by Gasteiger charge is -2.36. The van der Waals surface area contributed by atoms with Crippen molar-refractivity contribution in [2.24, 2.45) is 0 Å². The molecule has 5 heteroatoms. The molecule has 0 bridgehead atoms. The molecular formula is C14H22N4O. The van der Waals surface area contributed by atoms with Crippen LogP contribution in [0.15, 0.2) is 6.33 Å². The molecule has 1 aromatic rings. The molecule has 1 saturated heterocycles. The van der Waals surface area contributed by atoms with Crippen molar-refractivity contribution in [1.29, 1.82) is 0 Å². The molecule has 1 unspecified atom stereocenters. The maximum atomic E-state index is 5.56. The van der Waals surface area contributed by atoms with Gasteiger partial charge in [-0.05, 0) is 19.3 Å². The van der Waals surface area contributed by atoms with Gasteiger partial charge in [-0.25, -0.2) is 9.97 Å². The fourth-order valence-corrected chi connectivity index (χ4v) is 3.27. The summed E-state index contributed by atoms with van der Waals surface area (Å²) in [6.07, 6.45) is 2.83. The Labute approximate surface area is 114 Å². The van der Waals surface area contributed by atoms with Crippen molar-refractivity contribution >= 4 is 5.82 Å². The molecule has 3 atom stereocenters. The molecule has 5 nitrogen and oxygen atoms in total. The van der Waals surface area contributed by atoms with Crippen molar-refractivity contribution in [2.75, 3.05) is 31.6 Å². The Balaban J connectivity index is 2.01. The minimum atomic E-state index is 0.130. The van der Waals surface area contributed by atoms with E-state index in [2.05, 4.69) is 34.0 Å². The molecule has 2 heterocycles. The van der Waals surface area contributed by atoms with E-state index in [-0.39, 0.29) is 6.10 Å². The van der Waals surface area contributed by atoms with Gasteiger partial charge in [0.1, 0.15) is 18.2 Å². The zero-order valence-corrected chi connectivity index (χ0v) is 11.9. The topological polar surface area (TPSA) is 50.3 Å². The average Bonchev–Trinajstić information content (AvgIpc) is 2.76. The molecule has 1 fully saturated rings. The average molecular weight is 262 g/mol. The van der Waals surface area contributed by atoms with Crippen molar-refractivity contribution in [3.05, 3.63) is 17.6 Å². The lowest BCUT2D eigenvalue weighted by molar-refractivity contribution is 0.0982. The number of ether oxygens (including phenoxy) is 1. The second-order valence-corrected chi connectivity index (χ2v) is 5.60. The number of aromatic nitrogens is 2. The van der Waals surface area contributed by atoms with E-state index in [1.54, 1.807) is 13.4 Å². The largest absolute Gasteiger partial charge is 0.375 e. The number of fused-ring (bicyclic) bond motifs is 1. The Hall–Kier alpha value is -1.20. The number of anilines is 1. The van der Waals surface area contributed by atoms with Crippen LogP contribution in [0.2, 0.25) is 0 Å². The van der Waals surface area contributed by atoms with Crippen molar-refractivity contribution in [1.82, 2.24) is 15.3 Å². The summed E-state index contributed by atoms with van der Waals surface area (Å²) in [4.78, 5) is 11.4. The van der Waals surface area contributed by atoms with E-state index in [9.17, 15) is 0 Å². The quantitative estimate of drug-likeness (QED) is 0.874. The minimum Gasteiger partial charge on any atom is -0.375 e. The van der Waals surface area contributed by atoms with Gasteiger partial charge in [0.05, 0.1) is 5.69 Å². The third-order valence-electron chi connectivity index (χ3n) is 4.32. The molecule has 0 spiro atoms. The summed E-state index contributed by atoms with van der Waals surface area (Å²) in [6.45, 7) is 7.53. The maximum Gasteiger partial charge on any atom is 0.136 e. The number of rotatable bonds is 2. The fraction of sp³-hybridized carbons (Fsp3) is 0.714. The SMILES string of the molecule is CO[C@@H]1CC(C)c2c1ncnc2N1CCNC[C@@H]1C. The van der Waals surface area contributed by atoms with Crippen LogP contribution in [0.25, 0.3) is 0 Å². The summed E-state index contributed by atoms with van der Waals surface area (Å²) in [5.41, 5.74) is 2.38. The second kappa shape index (κ2) is 5.06. The molecule has 1 aromatic heterocycles. The van der Waals surface area contributed by atoms with E-state index in [0.717, 1.165) is 37.6 Å². The van der Waals surface area contributed by atoms with E-state index in [1.165, 1.54) is 5.56 Å². The highest BCUT2D eigenvalue weighted by molar-refractivity contribution is 5.54. The number of methoxy groups -OCH3 is 1. The Morgan fingerprint density at radius 1 is 1.37 bits per heavy atom. The lowest BCUT2D eigenvalue weighted by atomic mass is 10.0. The molecule has 0 radical (unpaired) electrons. The molecule has 2 aliphatic rings. The van der Waals surface area contributed by atoms with Crippen LogP contribution in [0.4, 0.5) is 5.82 Å². The van der Waals surface area contributed by atoms with E-state index in [4.69, 9.17) is 4.74 Å². The van der Waals surface area contributed by atoms with Gasteiger partial charge < -0.3 is 15.0 Å². The first-order valence-electron chi connectivity index (χ1n) is 7.07. The summed E-state index contributed by atoms with van der Waals surface area (Å²) in [5.74, 6) is 1.59. The Morgan fingerprint density at radius 2 is 2.21 bits per heavy atom. The van der Waals surface area contributed by atoms with Gasteiger partial charge in [0, 0.05) is 38.3 Å². The number of piperazine rings is 1. The third kappa shape index (κ3) is 2.11. The van der Waals surface area contributed by atoms with Crippen LogP contribution in [0.3, 0.4) is 0 Å². The highest BCUT2D eigenvalue weighted by Gasteiger charge is 2.35. The molecule has 1 N–H and O–H groups in total. The Kier molecular flexibility index (Phi) is 3.41. The molecule has 0 amide bonds. The van der Waals surface area contributed by atoms with Gasteiger partial charge in [0.25, 0.3) is 0 Å². The minimum absolute atomic E-state index is 0.130. The predicted molar refractivity (Wildman–Crippen MR) is 74.5 cm³/mol. The Bertz CT molecular complexity index is 465. The summed E-state index contributed by atoms with van der Waals surface area (Å²) in [6, 6.07) is 0.474. The maximum absolute atomic E-state index is 5.56. The van der Waals surface area contributed by atoms with E-state index in [0.29, 0.717) is 12.0 Å². The normalized spacial score (nSPS) is 30.5. The van der Waals surface area contributed by atoms with Crippen LogP contribution in [0.5, 0.6) is 0 Å². The van der Waals surface area contributed by atoms with E-state index < -0.39 is 0 Å². The summed E-state index contributed by atoms with van der Waals surface area (Å²) < 4.78 is 5.56. The lowest BCUT2D eigenvalue weighted by Crippen LogP contribution is -2.50. The van der Waals surface area contributed by atoms with E-state index >= 15 is 0 Å². The molecule has 0 aromatic carbocycles. The van der Waals surface area contributed by atoms with Gasteiger partial charge >= 0.3 is 0 Å². The standard InChI is InChI=1S/C14H22N4O/c1-9-6-11(19-3)13-12(9)14(17-8-16-13)18-5-4-15-7-10(18)2/h8-11,15H,4-7H2,1-3H3/t9?,10-,11+/m0/s1. The Morgan fingerprint density at radius 3 is 2.95 bits per heavy atom. The van der Waals surface area contributed by atoms with Crippen LogP contribution >= 0.6 is 0 Å². The van der Waals surface area contributed by atoms with Crippen LogP contribution in [-0.2, 0) is 4.74 Å². The molecule has 1 aliphatic heterocycles. The van der Waals surface area contributed by atoms with Crippen LogP contribution < -0.4 is 10.2 Å². The van der Waals surface area contributed by atoms with Crippen molar-refractivity contribution in [3.8, 4) is 0 Å². The van der Waals surface area contributed by atoms with Gasteiger partial charge in [-0.15, -0.1) is 0 Å². The molecule has 1 aliphatic carbocycles. The number of nitrogens with one attached hydrogen (secondary N) is 1. The molecule has 0 saturated carbocycles. The zero-order chi connectivity index (χ0) is 13.4. The number of nitrogens with zero attached hydrogens (tertiary/aromatic N) is 3. The summed E-state index contributed by atoms with van der Waals surface area (Å²) >= 11 is 0. The number of hydrogen-bond acceptors (Lipinski definition) is 5. The van der Waals surface area contributed by atoms with Gasteiger partial charge in [-0.2, -0.15) is 0 Å². The molecule has 19 heavy (non-hydrogen) atoms. The van der Waals surface area contributed by atoms with Gasteiger partial charge in [0.15, 0.2) is 0 Å². The fourth-order valence-electron chi connectivity index (χ4n) is 3.27. The van der Waals surface area contributed by atoms with Crippen molar-refractivity contribution in [2.45, 2.75) is 38.3 Å². The zero-order valence-electron chi connectivity index (χ0n) is 11.9. The highest BCUT2D eigenvalue weighted by atomic mass is 16.5. The first-order valence-corrected chi connectivity index (χ1v) is 7.07. The first-order chi connectivity index (χ1) is 9.22. The second-order valence-electron chi connectivity index (χ2n) is 5.60. The number of hydrogen-bond donors (Lipinski definition) is 1. The first kappa shape index (κ1) is 12.8. The molecule has 3 rings (SSSR count). The monoisotopic (exact) mass is 262 g/mol. The smallest absolute Gasteiger partial charge is 0.136 e. The van der Waals surface area contributed by atoms with Crippen LogP contribution in [0.1, 0.15) is 43.5 Å². The predicted octanol–water partition coefficient (Wildman–Crippen LogP) is 1.47. The van der Waals surface area contributed by atoms with Crippen LogP contribution in [0, 0.1) is 0 Å². The van der Waals surface area contributed by atoms with Gasteiger partial charge in [-0.3, -0.25) is 0 Å².